The zero-order chi connectivity index (χ0) is 23.1. The van der Waals surface area contributed by atoms with Crippen molar-refractivity contribution >= 4 is 17.2 Å². The summed E-state index contributed by atoms with van der Waals surface area (Å²) in [6, 6.07) is 10.0. The van der Waals surface area contributed by atoms with E-state index in [4.69, 9.17) is 10.5 Å². The van der Waals surface area contributed by atoms with Crippen molar-refractivity contribution < 1.29 is 9.53 Å². The summed E-state index contributed by atoms with van der Waals surface area (Å²) in [7, 11) is 0. The second kappa shape index (κ2) is 8.57. The number of aromatic nitrogens is 5. The Morgan fingerprint density at radius 2 is 1.85 bits per heavy atom. The summed E-state index contributed by atoms with van der Waals surface area (Å²) >= 11 is 0. The normalized spacial score (nSPS) is 19.2. The molecule has 1 unspecified atom stereocenters. The molecule has 1 amide bonds. The van der Waals surface area contributed by atoms with Crippen LogP contribution in [0.5, 0.6) is 0 Å². The summed E-state index contributed by atoms with van der Waals surface area (Å²) in [4.78, 5) is 19.2. The molecule has 9 nitrogen and oxygen atoms in total. The fourth-order valence-corrected chi connectivity index (χ4v) is 4.95. The van der Waals surface area contributed by atoms with Gasteiger partial charge in [0.1, 0.15) is 0 Å². The van der Waals surface area contributed by atoms with Gasteiger partial charge in [0.15, 0.2) is 5.65 Å². The Morgan fingerprint density at radius 3 is 2.65 bits per heavy atom. The molecule has 2 fully saturated rings. The van der Waals surface area contributed by atoms with Crippen LogP contribution in [0, 0.1) is 5.92 Å². The number of piperidine rings is 1. The highest BCUT2D eigenvalue weighted by Gasteiger charge is 2.31. The van der Waals surface area contributed by atoms with Crippen molar-refractivity contribution in [2.45, 2.75) is 25.3 Å². The predicted octanol–water partition coefficient (Wildman–Crippen LogP) is 3.04. The van der Waals surface area contributed by atoms with E-state index in [1.165, 1.54) is 0 Å². The van der Waals surface area contributed by atoms with Crippen LogP contribution in [0.4, 0.5) is 5.69 Å². The molecular weight excluding hydrogens is 430 g/mol. The Balaban J connectivity index is 1.17. The zero-order valence-electron chi connectivity index (χ0n) is 18.9. The molecule has 5 heterocycles. The molecule has 0 spiro atoms. The Morgan fingerprint density at radius 1 is 1.00 bits per heavy atom. The minimum Gasteiger partial charge on any atom is -0.399 e. The number of nitrogens with two attached hydrogens (primary N) is 1. The fraction of sp³-hybridized carbons (Fsp3) is 0.360. The summed E-state index contributed by atoms with van der Waals surface area (Å²) in [6.07, 6.45) is 10.3. The van der Waals surface area contributed by atoms with Crippen molar-refractivity contribution in [3.05, 3.63) is 55.1 Å². The fourth-order valence-electron chi connectivity index (χ4n) is 4.95. The Kier molecular flexibility index (Phi) is 5.26. The molecule has 1 aromatic carbocycles. The summed E-state index contributed by atoms with van der Waals surface area (Å²) in [5, 5.41) is 9.26. The number of hydrogen-bond acceptors (Lipinski definition) is 6. The Hall–Kier alpha value is -3.72. The number of rotatable bonds is 4. The standard InChI is InChI=1S/C25H27N7O2/c26-21-3-1-2-17(10-21)23-14-27-24-11-19(12-29-32(23)24)20-13-28-31(15-20)22-4-7-30(8-5-22)25(33)18-6-9-34-16-18/h1-3,10-15,18,22H,4-9,16,26H2. The summed E-state index contributed by atoms with van der Waals surface area (Å²) in [6.45, 7) is 2.80. The molecule has 9 heteroatoms. The molecule has 1 atom stereocenters. The van der Waals surface area contributed by atoms with Gasteiger partial charge in [0.2, 0.25) is 5.91 Å². The zero-order valence-corrected chi connectivity index (χ0v) is 18.9. The summed E-state index contributed by atoms with van der Waals surface area (Å²) < 4.78 is 9.24. The number of fused-ring (bicyclic) bond motifs is 1. The third-order valence-corrected chi connectivity index (χ3v) is 6.91. The summed E-state index contributed by atoms with van der Waals surface area (Å²) in [5.74, 6) is 0.284. The van der Waals surface area contributed by atoms with Gasteiger partial charge >= 0.3 is 0 Å². The van der Waals surface area contributed by atoms with E-state index in [0.29, 0.717) is 18.9 Å². The molecule has 34 heavy (non-hydrogen) atoms. The number of nitrogens with zero attached hydrogens (tertiary/aromatic N) is 6. The van der Waals surface area contributed by atoms with Gasteiger partial charge in [-0.2, -0.15) is 10.2 Å². The van der Waals surface area contributed by atoms with Crippen molar-refractivity contribution in [1.82, 2.24) is 29.3 Å². The van der Waals surface area contributed by atoms with E-state index < -0.39 is 0 Å². The van der Waals surface area contributed by atoms with Gasteiger partial charge in [-0.3, -0.25) is 9.48 Å². The number of imidazole rings is 1. The lowest BCUT2D eigenvalue weighted by atomic mass is 10.0. The van der Waals surface area contributed by atoms with Gasteiger partial charge in [0, 0.05) is 48.3 Å². The maximum Gasteiger partial charge on any atom is 0.228 e. The molecule has 0 radical (unpaired) electrons. The lowest BCUT2D eigenvalue weighted by molar-refractivity contribution is -0.136. The summed E-state index contributed by atoms with van der Waals surface area (Å²) in [5.41, 5.74) is 11.3. The van der Waals surface area contributed by atoms with Crippen LogP contribution >= 0.6 is 0 Å². The number of nitrogen functional groups attached to an aromatic ring is 1. The number of amides is 1. The minimum absolute atomic E-state index is 0.0395. The lowest BCUT2D eigenvalue weighted by Gasteiger charge is -2.33. The van der Waals surface area contributed by atoms with E-state index in [1.54, 1.807) is 0 Å². The quantitative estimate of drug-likeness (QED) is 0.473. The van der Waals surface area contributed by atoms with Crippen molar-refractivity contribution in [2.24, 2.45) is 5.92 Å². The van der Waals surface area contributed by atoms with E-state index in [1.807, 2.05) is 63.0 Å². The highest BCUT2D eigenvalue weighted by atomic mass is 16.5. The number of likely N-dealkylation sites (tertiary alicyclic amines) is 1. The van der Waals surface area contributed by atoms with Gasteiger partial charge in [-0.05, 0) is 37.5 Å². The van der Waals surface area contributed by atoms with Crippen LogP contribution in [0.25, 0.3) is 28.0 Å². The lowest BCUT2D eigenvalue weighted by Crippen LogP contribution is -2.42. The average molecular weight is 458 g/mol. The monoisotopic (exact) mass is 457 g/mol. The van der Waals surface area contributed by atoms with Crippen LogP contribution in [-0.4, -0.2) is 61.5 Å². The molecule has 2 aliphatic heterocycles. The van der Waals surface area contributed by atoms with E-state index in [-0.39, 0.29) is 17.9 Å². The third-order valence-electron chi connectivity index (χ3n) is 6.91. The number of benzene rings is 1. The van der Waals surface area contributed by atoms with Crippen molar-refractivity contribution in [2.75, 3.05) is 32.0 Å². The van der Waals surface area contributed by atoms with E-state index in [9.17, 15) is 4.79 Å². The Bertz CT molecular complexity index is 1330. The van der Waals surface area contributed by atoms with Gasteiger partial charge < -0.3 is 15.4 Å². The first-order valence-electron chi connectivity index (χ1n) is 11.8. The molecular formula is C25H27N7O2. The third kappa shape index (κ3) is 3.81. The van der Waals surface area contributed by atoms with Gasteiger partial charge in [-0.25, -0.2) is 9.50 Å². The molecule has 0 bridgehead atoms. The molecule has 2 saturated heterocycles. The van der Waals surface area contributed by atoms with Gasteiger partial charge in [0.25, 0.3) is 0 Å². The minimum atomic E-state index is 0.0395. The second-order valence-corrected chi connectivity index (χ2v) is 9.11. The van der Waals surface area contributed by atoms with Crippen LogP contribution in [0.3, 0.4) is 0 Å². The van der Waals surface area contributed by atoms with Crippen LogP contribution in [0.15, 0.2) is 55.1 Å². The first kappa shape index (κ1) is 20.9. The number of carbonyl (C=O) groups excluding carboxylic acids is 1. The van der Waals surface area contributed by atoms with E-state index in [0.717, 1.165) is 60.4 Å². The van der Waals surface area contributed by atoms with Crippen molar-refractivity contribution in [3.8, 4) is 22.4 Å². The largest absolute Gasteiger partial charge is 0.399 e. The number of anilines is 1. The molecule has 4 aromatic rings. The smallest absolute Gasteiger partial charge is 0.228 e. The van der Waals surface area contributed by atoms with Gasteiger partial charge in [0.05, 0.1) is 42.9 Å². The van der Waals surface area contributed by atoms with Crippen molar-refractivity contribution in [3.63, 3.8) is 0 Å². The van der Waals surface area contributed by atoms with E-state index in [2.05, 4.69) is 21.4 Å². The predicted molar refractivity (Wildman–Crippen MR) is 128 cm³/mol. The maximum absolute atomic E-state index is 12.7. The van der Waals surface area contributed by atoms with E-state index >= 15 is 0 Å². The molecule has 2 N–H and O–H groups in total. The molecule has 3 aromatic heterocycles. The maximum atomic E-state index is 12.7. The number of hydrogen-bond donors (Lipinski definition) is 1. The van der Waals surface area contributed by atoms with Crippen LogP contribution < -0.4 is 5.73 Å². The first-order chi connectivity index (χ1) is 16.7. The highest BCUT2D eigenvalue weighted by molar-refractivity contribution is 5.79. The molecule has 2 aliphatic rings. The first-order valence-corrected chi connectivity index (χ1v) is 11.8. The second-order valence-electron chi connectivity index (χ2n) is 9.11. The SMILES string of the molecule is Nc1cccc(-c2cnc3cc(-c4cnn(C5CCN(C(=O)C6CCOC6)CC5)c4)cnn23)c1. The van der Waals surface area contributed by atoms with Crippen LogP contribution in [0.1, 0.15) is 25.3 Å². The average Bonchev–Trinajstić information content (AvgIpc) is 3.64. The number of carbonyl (C=O) groups is 1. The van der Waals surface area contributed by atoms with Crippen molar-refractivity contribution in [1.29, 1.82) is 0 Å². The number of ether oxygens (including phenoxy) is 1. The molecule has 0 saturated carbocycles. The van der Waals surface area contributed by atoms with Gasteiger partial charge in [-0.15, -0.1) is 0 Å². The van der Waals surface area contributed by atoms with Crippen LogP contribution in [0.2, 0.25) is 0 Å². The molecule has 174 valence electrons. The van der Waals surface area contributed by atoms with Crippen LogP contribution in [-0.2, 0) is 9.53 Å². The highest BCUT2D eigenvalue weighted by Crippen LogP contribution is 2.28. The molecule has 0 aliphatic carbocycles. The topological polar surface area (TPSA) is 104 Å². The molecule has 6 rings (SSSR count). The van der Waals surface area contributed by atoms with Gasteiger partial charge in [-0.1, -0.05) is 12.1 Å². The Labute approximate surface area is 197 Å².